The minimum Gasteiger partial charge on any atom is -0.507 e. The molecule has 6 aromatic rings. The maximum Gasteiger partial charge on any atom is 0.124 e. The zero-order chi connectivity index (χ0) is 45.2. The Hall–Kier alpha value is -5.24. The molecule has 0 spiro atoms. The van der Waals surface area contributed by atoms with Crippen LogP contribution >= 0.6 is 0 Å². The minimum absolute atomic E-state index is 0.109. The number of rotatable bonds is 8. The molecule has 6 nitrogen and oxygen atoms in total. The second-order valence-electron chi connectivity index (χ2n) is 20.8. The number of hydrogen-bond acceptors (Lipinski definition) is 6. The molecule has 0 amide bonds. The molecule has 0 atom stereocenters. The van der Waals surface area contributed by atoms with Gasteiger partial charge in [-0.25, -0.2) is 0 Å². The predicted octanol–water partition coefficient (Wildman–Crippen LogP) is 10.7. The van der Waals surface area contributed by atoms with E-state index in [1.165, 1.54) is 33.4 Å². The third-order valence-electron chi connectivity index (χ3n) is 13.2. The van der Waals surface area contributed by atoms with Crippen LogP contribution < -0.4 is 21.3 Å². The molecule has 0 saturated carbocycles. The molecule has 64 heavy (non-hydrogen) atoms. The van der Waals surface area contributed by atoms with Gasteiger partial charge >= 0.3 is 0 Å². The summed E-state index contributed by atoms with van der Waals surface area (Å²) in [6.45, 7) is 18.5. The van der Waals surface area contributed by atoms with Crippen LogP contribution in [0.1, 0.15) is 97.2 Å². The van der Waals surface area contributed by atoms with Crippen LogP contribution in [0.3, 0.4) is 0 Å². The van der Waals surface area contributed by atoms with Crippen LogP contribution in [0.4, 0.5) is 0 Å². The molecule has 1 aliphatic rings. The van der Waals surface area contributed by atoms with E-state index in [1.807, 2.05) is 0 Å². The first-order chi connectivity index (χ1) is 30.7. The Kier molecular flexibility index (Phi) is 15.1. The van der Waals surface area contributed by atoms with E-state index < -0.39 is 0 Å². The van der Waals surface area contributed by atoms with Crippen molar-refractivity contribution in [3.8, 4) is 11.5 Å². The third-order valence-corrected chi connectivity index (χ3v) is 13.2. The number of nitrogens with one attached hydrogen (secondary N) is 4. The molecular formula is C58H72N4O2. The van der Waals surface area contributed by atoms with Gasteiger partial charge in [-0.05, 0) is 69.9 Å². The summed E-state index contributed by atoms with van der Waals surface area (Å²) in [6.07, 6.45) is 3.40. The van der Waals surface area contributed by atoms with Crippen LogP contribution in [0.2, 0.25) is 0 Å². The lowest BCUT2D eigenvalue weighted by molar-refractivity contribution is 0.248. The Morgan fingerprint density at radius 1 is 0.375 bits per heavy atom. The lowest BCUT2D eigenvalue weighted by Crippen LogP contribution is -2.46. The second kappa shape index (κ2) is 20.7. The van der Waals surface area contributed by atoms with Crippen molar-refractivity contribution in [3.05, 3.63) is 201 Å². The van der Waals surface area contributed by atoms with Gasteiger partial charge in [-0.15, -0.1) is 0 Å². The first kappa shape index (κ1) is 46.7. The van der Waals surface area contributed by atoms with E-state index in [9.17, 15) is 10.2 Å². The number of benzene rings is 6. The van der Waals surface area contributed by atoms with E-state index in [-0.39, 0.29) is 21.7 Å². The zero-order valence-corrected chi connectivity index (χ0v) is 39.2. The highest BCUT2D eigenvalue weighted by molar-refractivity contribution is 5.47. The minimum atomic E-state index is -0.242. The van der Waals surface area contributed by atoms with E-state index in [1.54, 1.807) is 0 Å². The fourth-order valence-electron chi connectivity index (χ4n) is 9.64. The lowest BCUT2D eigenvalue weighted by Gasteiger charge is -2.36. The summed E-state index contributed by atoms with van der Waals surface area (Å²) in [5.41, 5.74) is 10.5. The average molecular weight is 857 g/mol. The van der Waals surface area contributed by atoms with Crippen molar-refractivity contribution in [2.75, 3.05) is 26.2 Å². The van der Waals surface area contributed by atoms with Gasteiger partial charge < -0.3 is 31.5 Å². The lowest BCUT2D eigenvalue weighted by atomic mass is 9.75. The van der Waals surface area contributed by atoms with Crippen LogP contribution in [0, 0.1) is 10.8 Å². The Bertz CT molecular complexity index is 2070. The molecule has 336 valence electrons. The SMILES string of the molecule is CC(C)(C)c1cc2c(O)c(c1)CNCC(Cc1ccccc1)(Cc1ccccc1)CNCc1cc(C(C)(C)C)cc(c1O)CNCC(Cc1ccccc1)(Cc1ccccc1)CNC2. The van der Waals surface area contributed by atoms with Crippen LogP contribution in [0.5, 0.6) is 11.5 Å². The summed E-state index contributed by atoms with van der Waals surface area (Å²) >= 11 is 0. The fraction of sp³-hybridized carbons (Fsp3) is 0.379. The highest BCUT2D eigenvalue weighted by Crippen LogP contribution is 2.36. The van der Waals surface area contributed by atoms with E-state index in [0.717, 1.165) is 47.9 Å². The highest BCUT2D eigenvalue weighted by atomic mass is 16.3. The van der Waals surface area contributed by atoms with E-state index in [0.29, 0.717) is 63.9 Å². The van der Waals surface area contributed by atoms with E-state index >= 15 is 0 Å². The van der Waals surface area contributed by atoms with Crippen molar-refractivity contribution < 1.29 is 10.2 Å². The summed E-state index contributed by atoms with van der Waals surface area (Å²) in [6, 6.07) is 52.0. The highest BCUT2D eigenvalue weighted by Gasteiger charge is 2.33. The predicted molar refractivity (Wildman–Crippen MR) is 266 cm³/mol. The molecule has 6 N–H and O–H groups in total. The quantitative estimate of drug-likeness (QED) is 0.0914. The fourth-order valence-corrected chi connectivity index (χ4v) is 9.64. The van der Waals surface area contributed by atoms with Gasteiger partial charge in [0.05, 0.1) is 0 Å². The number of aromatic hydroxyl groups is 2. The van der Waals surface area contributed by atoms with Crippen molar-refractivity contribution in [1.82, 2.24) is 21.3 Å². The summed E-state index contributed by atoms with van der Waals surface area (Å²) in [4.78, 5) is 0. The van der Waals surface area contributed by atoms with Crippen molar-refractivity contribution >= 4 is 0 Å². The van der Waals surface area contributed by atoms with Crippen LogP contribution in [-0.4, -0.2) is 36.4 Å². The number of fused-ring (bicyclic) bond motifs is 4. The number of hydrogen-bond donors (Lipinski definition) is 6. The molecule has 0 radical (unpaired) electrons. The van der Waals surface area contributed by atoms with E-state index in [4.69, 9.17) is 0 Å². The van der Waals surface area contributed by atoms with Crippen molar-refractivity contribution in [1.29, 1.82) is 0 Å². The molecular weight excluding hydrogens is 785 g/mol. The smallest absolute Gasteiger partial charge is 0.124 e. The average Bonchev–Trinajstić information content (AvgIpc) is 3.26. The molecule has 4 bridgehead atoms. The summed E-state index contributed by atoms with van der Waals surface area (Å²) in [5.74, 6) is 0.714. The standard InChI is InChI=1S/C58H72N4O2/c1-55(2,3)51-27-47-35-59-39-57(31-43-19-11-7-12-20-43,32-44-21-13-8-14-22-44)41-61-37-49-29-52(56(4,5)6)30-50(54(49)64)38-62-42-58(33-45-23-15-9-16-24-45,34-46-25-17-10-18-26-46)40-60-36-48(28-51)53(47)63/h7-30,59-64H,31-42H2,1-6H3. The third kappa shape index (κ3) is 12.5. The summed E-state index contributed by atoms with van der Waals surface area (Å²) in [5, 5.41) is 39.9. The van der Waals surface area contributed by atoms with Gasteiger partial charge in [0.25, 0.3) is 0 Å². The Balaban J connectivity index is 1.31. The normalized spacial score (nSPS) is 16.5. The van der Waals surface area contributed by atoms with Gasteiger partial charge in [0.1, 0.15) is 11.5 Å². The number of phenols is 2. The van der Waals surface area contributed by atoms with Gasteiger partial charge in [0.15, 0.2) is 0 Å². The van der Waals surface area contributed by atoms with Crippen molar-refractivity contribution in [2.24, 2.45) is 10.8 Å². The van der Waals surface area contributed by atoms with Gasteiger partial charge in [0, 0.05) is 85.4 Å². The molecule has 0 fully saturated rings. The Labute approximate surface area is 384 Å². The van der Waals surface area contributed by atoms with Crippen LogP contribution in [-0.2, 0) is 62.7 Å². The zero-order valence-electron chi connectivity index (χ0n) is 39.2. The topological polar surface area (TPSA) is 88.6 Å². The van der Waals surface area contributed by atoms with Gasteiger partial charge in [-0.2, -0.15) is 0 Å². The second-order valence-corrected chi connectivity index (χ2v) is 20.8. The number of phenolic OH excluding ortho intramolecular Hbond substituents is 2. The van der Waals surface area contributed by atoms with Gasteiger partial charge in [0.2, 0.25) is 0 Å². The molecule has 0 saturated heterocycles. The molecule has 1 aliphatic heterocycles. The molecule has 1 heterocycles. The van der Waals surface area contributed by atoms with Gasteiger partial charge in [-0.3, -0.25) is 0 Å². The Morgan fingerprint density at radius 3 is 0.797 bits per heavy atom. The van der Waals surface area contributed by atoms with E-state index in [2.05, 4.69) is 208 Å². The first-order valence-corrected chi connectivity index (χ1v) is 23.4. The monoisotopic (exact) mass is 857 g/mol. The van der Waals surface area contributed by atoms with Crippen molar-refractivity contribution in [2.45, 2.75) is 104 Å². The molecule has 0 aromatic heterocycles. The summed E-state index contributed by atoms with van der Waals surface area (Å²) < 4.78 is 0. The molecule has 6 heteroatoms. The maximum absolute atomic E-state index is 12.2. The van der Waals surface area contributed by atoms with Crippen LogP contribution in [0.25, 0.3) is 0 Å². The van der Waals surface area contributed by atoms with Gasteiger partial charge in [-0.1, -0.05) is 187 Å². The molecule has 0 aliphatic carbocycles. The maximum atomic E-state index is 12.2. The van der Waals surface area contributed by atoms with Crippen LogP contribution in [0.15, 0.2) is 146 Å². The summed E-state index contributed by atoms with van der Waals surface area (Å²) in [7, 11) is 0. The van der Waals surface area contributed by atoms with Crippen molar-refractivity contribution in [3.63, 3.8) is 0 Å². The molecule has 0 unspecified atom stereocenters. The molecule has 7 rings (SSSR count). The largest absolute Gasteiger partial charge is 0.507 e. The Morgan fingerprint density at radius 2 is 0.594 bits per heavy atom. The first-order valence-electron chi connectivity index (χ1n) is 23.4. The molecule has 6 aromatic carbocycles.